The lowest BCUT2D eigenvalue weighted by molar-refractivity contribution is -0.133. The van der Waals surface area contributed by atoms with Crippen molar-refractivity contribution in [3.05, 3.63) is 18.2 Å². The van der Waals surface area contributed by atoms with Crippen molar-refractivity contribution in [2.24, 2.45) is 5.92 Å². The van der Waals surface area contributed by atoms with E-state index in [1.54, 1.807) is 0 Å². The monoisotopic (exact) mass is 360 g/mol. The van der Waals surface area contributed by atoms with Crippen molar-refractivity contribution in [2.75, 3.05) is 33.7 Å². The fraction of sp³-hybridized carbons (Fsp3) is 0.810. The Morgan fingerprint density at radius 3 is 2.77 bits per heavy atom. The van der Waals surface area contributed by atoms with Gasteiger partial charge in [0.1, 0.15) is 5.82 Å². The second-order valence-electron chi connectivity index (χ2n) is 8.52. The van der Waals surface area contributed by atoms with E-state index in [1.807, 2.05) is 6.20 Å². The number of piperidine rings is 1. The summed E-state index contributed by atoms with van der Waals surface area (Å²) < 4.78 is 2.31. The molecule has 1 aromatic heterocycles. The third kappa shape index (κ3) is 5.32. The summed E-state index contributed by atoms with van der Waals surface area (Å²) in [7, 11) is 4.23. The van der Waals surface area contributed by atoms with E-state index in [-0.39, 0.29) is 0 Å². The lowest BCUT2D eigenvalue weighted by atomic mass is 9.86. The Labute approximate surface area is 158 Å². The maximum absolute atomic E-state index is 12.8. The van der Waals surface area contributed by atoms with Crippen LogP contribution in [0.15, 0.2) is 12.4 Å². The Balaban J connectivity index is 1.54. The van der Waals surface area contributed by atoms with Gasteiger partial charge in [-0.3, -0.25) is 4.79 Å². The number of aromatic nitrogens is 2. The first-order chi connectivity index (χ1) is 12.6. The first-order valence-corrected chi connectivity index (χ1v) is 10.6. The Morgan fingerprint density at radius 1 is 1.19 bits per heavy atom. The third-order valence-corrected chi connectivity index (χ3v) is 6.08. The van der Waals surface area contributed by atoms with Crippen molar-refractivity contribution >= 4 is 5.91 Å². The molecule has 5 heteroatoms. The number of hydrogen-bond acceptors (Lipinski definition) is 3. The Bertz CT molecular complexity index is 562. The van der Waals surface area contributed by atoms with Crippen molar-refractivity contribution in [1.29, 1.82) is 0 Å². The molecule has 2 heterocycles. The highest BCUT2D eigenvalue weighted by Gasteiger charge is 2.28. The van der Waals surface area contributed by atoms with Crippen LogP contribution in [-0.2, 0) is 11.3 Å². The number of amides is 1. The van der Waals surface area contributed by atoms with Gasteiger partial charge in [0.05, 0.1) is 0 Å². The van der Waals surface area contributed by atoms with Gasteiger partial charge in [-0.1, -0.05) is 19.3 Å². The molecule has 1 aliphatic carbocycles. The molecule has 1 amide bonds. The molecular formula is C21H36N4O. The molecule has 2 aliphatic rings. The zero-order chi connectivity index (χ0) is 18.4. The average molecular weight is 361 g/mol. The Kier molecular flexibility index (Phi) is 7.12. The summed E-state index contributed by atoms with van der Waals surface area (Å²) in [4.78, 5) is 21.8. The first kappa shape index (κ1) is 19.4. The van der Waals surface area contributed by atoms with E-state index in [0.29, 0.717) is 17.7 Å². The number of likely N-dealkylation sites (tertiary alicyclic amines) is 1. The van der Waals surface area contributed by atoms with Crippen molar-refractivity contribution in [1.82, 2.24) is 19.4 Å². The summed E-state index contributed by atoms with van der Waals surface area (Å²) in [6.07, 6.45) is 14.7. The largest absolute Gasteiger partial charge is 0.342 e. The molecule has 26 heavy (non-hydrogen) atoms. The summed E-state index contributed by atoms with van der Waals surface area (Å²) >= 11 is 0. The van der Waals surface area contributed by atoms with Gasteiger partial charge in [0, 0.05) is 44.4 Å². The van der Waals surface area contributed by atoms with Gasteiger partial charge in [0.2, 0.25) is 5.91 Å². The summed E-state index contributed by atoms with van der Waals surface area (Å²) in [5.74, 6) is 2.59. The molecule has 1 atom stereocenters. The maximum Gasteiger partial charge on any atom is 0.222 e. The number of carbonyl (C=O) groups excluding carboxylic acids is 1. The number of rotatable bonds is 7. The molecule has 3 rings (SSSR count). The highest BCUT2D eigenvalue weighted by Crippen LogP contribution is 2.30. The fourth-order valence-corrected chi connectivity index (χ4v) is 4.61. The summed E-state index contributed by atoms with van der Waals surface area (Å²) in [5, 5.41) is 0. The van der Waals surface area contributed by atoms with Crippen LogP contribution in [0, 0.1) is 5.92 Å². The molecule has 0 aromatic carbocycles. The van der Waals surface area contributed by atoms with Crippen molar-refractivity contribution in [3.63, 3.8) is 0 Å². The minimum absolute atomic E-state index is 0.382. The molecule has 0 N–H and O–H groups in total. The molecule has 5 nitrogen and oxygen atoms in total. The molecule has 1 saturated carbocycles. The molecule has 1 aliphatic heterocycles. The predicted molar refractivity (Wildman–Crippen MR) is 105 cm³/mol. The predicted octanol–water partition coefficient (Wildman–Crippen LogP) is 3.51. The maximum atomic E-state index is 12.8. The normalized spacial score (nSPS) is 22.1. The van der Waals surface area contributed by atoms with E-state index in [1.165, 1.54) is 37.9 Å². The first-order valence-electron chi connectivity index (χ1n) is 10.6. The molecule has 0 bridgehead atoms. The van der Waals surface area contributed by atoms with Crippen LogP contribution in [0.4, 0.5) is 0 Å². The molecule has 146 valence electrons. The molecule has 0 radical (unpaired) electrons. The van der Waals surface area contributed by atoms with Crippen LogP contribution in [-0.4, -0.2) is 59.0 Å². The highest BCUT2D eigenvalue weighted by atomic mass is 16.2. The van der Waals surface area contributed by atoms with Crippen LogP contribution in [0.1, 0.15) is 69.5 Å². The van der Waals surface area contributed by atoms with E-state index in [2.05, 4.69) is 39.6 Å². The van der Waals surface area contributed by atoms with Crippen LogP contribution < -0.4 is 0 Å². The van der Waals surface area contributed by atoms with Crippen LogP contribution in [0.5, 0.6) is 0 Å². The minimum Gasteiger partial charge on any atom is -0.342 e. The third-order valence-electron chi connectivity index (χ3n) is 6.08. The van der Waals surface area contributed by atoms with Gasteiger partial charge in [-0.05, 0) is 58.7 Å². The van der Waals surface area contributed by atoms with E-state index in [4.69, 9.17) is 0 Å². The highest BCUT2D eigenvalue weighted by molar-refractivity contribution is 5.76. The smallest absolute Gasteiger partial charge is 0.222 e. The summed E-state index contributed by atoms with van der Waals surface area (Å²) in [6.45, 7) is 3.90. The summed E-state index contributed by atoms with van der Waals surface area (Å²) in [6, 6.07) is 0. The molecule has 1 aromatic rings. The van der Waals surface area contributed by atoms with Gasteiger partial charge in [-0.2, -0.15) is 0 Å². The van der Waals surface area contributed by atoms with Crippen molar-refractivity contribution < 1.29 is 4.79 Å². The molecule has 1 saturated heterocycles. The number of nitrogens with zero attached hydrogens (tertiary/aromatic N) is 4. The topological polar surface area (TPSA) is 41.4 Å². The van der Waals surface area contributed by atoms with Crippen molar-refractivity contribution in [3.8, 4) is 0 Å². The van der Waals surface area contributed by atoms with E-state index in [0.717, 1.165) is 51.9 Å². The molecular weight excluding hydrogens is 324 g/mol. The van der Waals surface area contributed by atoms with Crippen LogP contribution in [0.2, 0.25) is 0 Å². The Morgan fingerprint density at radius 2 is 2.00 bits per heavy atom. The lowest BCUT2D eigenvalue weighted by Gasteiger charge is -2.34. The standard InChI is InChI=1S/C21H36N4O/c1-23(2)12-7-14-24-15-11-22-21(24)19-10-6-13-25(17-19)20(26)16-18-8-4-3-5-9-18/h11,15,18-19H,3-10,12-14,16-17H2,1-2H3/t19-/m1/s1. The minimum atomic E-state index is 0.382. The van der Waals surface area contributed by atoms with Crippen LogP contribution >= 0.6 is 0 Å². The molecule has 0 unspecified atom stereocenters. The van der Waals surface area contributed by atoms with Gasteiger partial charge >= 0.3 is 0 Å². The zero-order valence-corrected chi connectivity index (χ0v) is 16.7. The quantitative estimate of drug-likeness (QED) is 0.747. The number of imidazole rings is 1. The van der Waals surface area contributed by atoms with Crippen LogP contribution in [0.3, 0.4) is 0 Å². The van der Waals surface area contributed by atoms with Gasteiger partial charge in [-0.25, -0.2) is 4.98 Å². The van der Waals surface area contributed by atoms with Gasteiger partial charge in [-0.15, -0.1) is 0 Å². The summed E-state index contributed by atoms with van der Waals surface area (Å²) in [5.41, 5.74) is 0. The van der Waals surface area contributed by atoms with Gasteiger partial charge < -0.3 is 14.4 Å². The second kappa shape index (κ2) is 9.54. The van der Waals surface area contributed by atoms with E-state index < -0.39 is 0 Å². The van der Waals surface area contributed by atoms with Gasteiger partial charge in [0.25, 0.3) is 0 Å². The molecule has 2 fully saturated rings. The second-order valence-corrected chi connectivity index (χ2v) is 8.52. The average Bonchev–Trinajstić information content (AvgIpc) is 3.11. The van der Waals surface area contributed by atoms with E-state index in [9.17, 15) is 4.79 Å². The fourth-order valence-electron chi connectivity index (χ4n) is 4.61. The number of aryl methyl sites for hydroxylation is 1. The zero-order valence-electron chi connectivity index (χ0n) is 16.7. The van der Waals surface area contributed by atoms with Crippen LogP contribution in [0.25, 0.3) is 0 Å². The van der Waals surface area contributed by atoms with Gasteiger partial charge in [0.15, 0.2) is 0 Å². The number of hydrogen-bond donors (Lipinski definition) is 0. The molecule has 0 spiro atoms. The number of carbonyl (C=O) groups is 1. The Hall–Kier alpha value is -1.36. The SMILES string of the molecule is CN(C)CCCn1ccnc1[C@@H]1CCCN(C(=O)CC2CCCCC2)C1. The van der Waals surface area contributed by atoms with E-state index >= 15 is 0 Å². The van der Waals surface area contributed by atoms with Crippen molar-refractivity contribution in [2.45, 2.75) is 70.3 Å². The lowest BCUT2D eigenvalue weighted by Crippen LogP contribution is -2.40.